The summed E-state index contributed by atoms with van der Waals surface area (Å²) in [6.07, 6.45) is 0. The van der Waals surface area contributed by atoms with E-state index >= 15 is 0 Å². The van der Waals surface area contributed by atoms with Crippen LogP contribution in [0.15, 0.2) is 18.2 Å². The number of benzene rings is 1. The monoisotopic (exact) mass is 169 g/mol. The molecular weight excluding hydrogens is 162 g/mol. The maximum Gasteiger partial charge on any atom is 0.316 e. The van der Waals surface area contributed by atoms with E-state index in [2.05, 4.69) is 0 Å². The van der Waals surface area contributed by atoms with Crippen molar-refractivity contribution in [2.45, 2.75) is 6.61 Å². The van der Waals surface area contributed by atoms with Gasteiger partial charge in [-0.2, -0.15) is 0 Å². The summed E-state index contributed by atoms with van der Waals surface area (Å²) in [5.41, 5.74) is -0.319. The number of aliphatic hydroxyl groups is 1. The second kappa shape index (κ2) is 3.19. The van der Waals surface area contributed by atoms with Crippen molar-refractivity contribution in [1.82, 2.24) is 0 Å². The third kappa shape index (κ3) is 1.35. The number of nitro benzene ring substituents is 1. The van der Waals surface area contributed by atoms with Gasteiger partial charge in [0.1, 0.15) is 0 Å². The van der Waals surface area contributed by atoms with Crippen LogP contribution in [0.2, 0.25) is 0 Å². The number of aromatic hydroxyl groups is 1. The molecule has 5 heteroatoms. The highest BCUT2D eigenvalue weighted by Gasteiger charge is 2.17. The molecule has 0 saturated carbocycles. The van der Waals surface area contributed by atoms with Crippen molar-refractivity contribution in [3.05, 3.63) is 33.9 Å². The Bertz CT molecular complexity index is 310. The van der Waals surface area contributed by atoms with Crippen molar-refractivity contribution in [1.29, 1.82) is 0 Å². The fourth-order valence-electron chi connectivity index (χ4n) is 0.916. The minimum Gasteiger partial charge on any atom is -0.502 e. The summed E-state index contributed by atoms with van der Waals surface area (Å²) in [5, 5.41) is 28.1. The standard InChI is InChI=1S/C7H7NO4/c9-4-5-2-1-3-6(10)7(5)8(11)12/h1-3,9-10H,4H2. The summed E-state index contributed by atoms with van der Waals surface area (Å²) < 4.78 is 0. The lowest BCUT2D eigenvalue weighted by Crippen LogP contribution is -1.95. The number of nitro groups is 1. The fourth-order valence-corrected chi connectivity index (χ4v) is 0.916. The SMILES string of the molecule is O=[N+]([O-])c1c(O)cccc1CO. The van der Waals surface area contributed by atoms with Gasteiger partial charge in [-0.1, -0.05) is 6.07 Å². The van der Waals surface area contributed by atoms with E-state index < -0.39 is 23.0 Å². The van der Waals surface area contributed by atoms with Crippen molar-refractivity contribution in [2.24, 2.45) is 0 Å². The number of para-hydroxylation sites is 1. The van der Waals surface area contributed by atoms with Crippen LogP contribution in [0.25, 0.3) is 0 Å². The summed E-state index contributed by atoms with van der Waals surface area (Å²) in [5.74, 6) is -0.424. The average Bonchev–Trinajstić information content (AvgIpc) is 2.03. The molecule has 0 heterocycles. The Balaban J connectivity index is 3.29. The summed E-state index contributed by atoms with van der Waals surface area (Å²) in [7, 11) is 0. The quantitative estimate of drug-likeness (QED) is 0.506. The molecule has 1 aromatic rings. The summed E-state index contributed by atoms with van der Waals surface area (Å²) in [6.45, 7) is -0.454. The highest BCUT2D eigenvalue weighted by Crippen LogP contribution is 2.28. The maximum absolute atomic E-state index is 10.3. The van der Waals surface area contributed by atoms with E-state index in [0.29, 0.717) is 0 Å². The number of phenolic OH excluding ortho intramolecular Hbond substituents is 1. The van der Waals surface area contributed by atoms with Crippen LogP contribution in [0.1, 0.15) is 5.56 Å². The van der Waals surface area contributed by atoms with Crippen LogP contribution < -0.4 is 0 Å². The highest BCUT2D eigenvalue weighted by molar-refractivity contribution is 5.51. The van der Waals surface area contributed by atoms with E-state index in [0.717, 1.165) is 0 Å². The first-order valence-corrected chi connectivity index (χ1v) is 3.23. The molecule has 0 radical (unpaired) electrons. The van der Waals surface area contributed by atoms with Gasteiger partial charge in [0.2, 0.25) is 0 Å². The van der Waals surface area contributed by atoms with Gasteiger partial charge in [-0.25, -0.2) is 0 Å². The molecular formula is C7H7NO4. The van der Waals surface area contributed by atoms with Crippen molar-refractivity contribution < 1.29 is 15.1 Å². The van der Waals surface area contributed by atoms with Crippen LogP contribution in [0.4, 0.5) is 5.69 Å². The minimum absolute atomic E-state index is 0.111. The Morgan fingerprint density at radius 1 is 1.50 bits per heavy atom. The van der Waals surface area contributed by atoms with Gasteiger partial charge in [0.25, 0.3) is 0 Å². The van der Waals surface area contributed by atoms with Gasteiger partial charge < -0.3 is 10.2 Å². The number of aliphatic hydroxyl groups excluding tert-OH is 1. The van der Waals surface area contributed by atoms with Gasteiger partial charge in [0, 0.05) is 0 Å². The van der Waals surface area contributed by atoms with Crippen LogP contribution in [-0.2, 0) is 6.61 Å². The van der Waals surface area contributed by atoms with E-state index in [1.54, 1.807) is 0 Å². The van der Waals surface area contributed by atoms with E-state index in [-0.39, 0.29) is 5.56 Å². The lowest BCUT2D eigenvalue weighted by molar-refractivity contribution is -0.386. The van der Waals surface area contributed by atoms with E-state index in [9.17, 15) is 10.1 Å². The van der Waals surface area contributed by atoms with E-state index in [1.807, 2.05) is 0 Å². The summed E-state index contributed by atoms with van der Waals surface area (Å²) in [6, 6.07) is 4.03. The van der Waals surface area contributed by atoms with Crippen LogP contribution in [0.5, 0.6) is 5.75 Å². The molecule has 12 heavy (non-hydrogen) atoms. The molecule has 64 valence electrons. The first kappa shape index (κ1) is 8.48. The Hall–Kier alpha value is -1.62. The molecule has 0 fully saturated rings. The van der Waals surface area contributed by atoms with Gasteiger partial charge in [-0.05, 0) is 12.1 Å². The lowest BCUT2D eigenvalue weighted by Gasteiger charge is -1.99. The molecule has 1 rings (SSSR count). The zero-order chi connectivity index (χ0) is 9.14. The molecule has 0 unspecified atom stereocenters. The van der Waals surface area contributed by atoms with Crippen molar-refractivity contribution in [2.75, 3.05) is 0 Å². The third-order valence-corrected chi connectivity index (χ3v) is 1.45. The molecule has 0 aliphatic carbocycles. The predicted octanol–water partition coefficient (Wildman–Crippen LogP) is 0.793. The first-order valence-electron chi connectivity index (χ1n) is 3.23. The fraction of sp³-hybridized carbons (Fsp3) is 0.143. The second-order valence-corrected chi connectivity index (χ2v) is 2.20. The predicted molar refractivity (Wildman–Crippen MR) is 40.7 cm³/mol. The number of hydrogen-bond donors (Lipinski definition) is 2. The largest absolute Gasteiger partial charge is 0.502 e. The number of phenols is 1. The molecule has 0 aromatic heterocycles. The van der Waals surface area contributed by atoms with Crippen molar-refractivity contribution in [3.63, 3.8) is 0 Å². The van der Waals surface area contributed by atoms with Gasteiger partial charge in [-0.3, -0.25) is 10.1 Å². The van der Waals surface area contributed by atoms with Crippen LogP contribution >= 0.6 is 0 Å². The number of rotatable bonds is 2. The smallest absolute Gasteiger partial charge is 0.316 e. The molecule has 0 atom stereocenters. The normalized spacial score (nSPS) is 9.75. The van der Waals surface area contributed by atoms with Gasteiger partial charge in [-0.15, -0.1) is 0 Å². The maximum atomic E-state index is 10.3. The minimum atomic E-state index is -0.721. The Morgan fingerprint density at radius 3 is 2.58 bits per heavy atom. The van der Waals surface area contributed by atoms with Gasteiger partial charge in [0.05, 0.1) is 17.1 Å². The molecule has 2 N–H and O–H groups in total. The molecule has 0 spiro atoms. The Labute approximate surface area is 68.0 Å². The zero-order valence-corrected chi connectivity index (χ0v) is 6.10. The third-order valence-electron chi connectivity index (χ3n) is 1.45. The van der Waals surface area contributed by atoms with Crippen LogP contribution in [0.3, 0.4) is 0 Å². The van der Waals surface area contributed by atoms with Crippen molar-refractivity contribution in [3.8, 4) is 5.75 Å². The van der Waals surface area contributed by atoms with E-state index in [1.165, 1.54) is 18.2 Å². The number of hydrogen-bond acceptors (Lipinski definition) is 4. The lowest BCUT2D eigenvalue weighted by atomic mass is 10.2. The van der Waals surface area contributed by atoms with Gasteiger partial charge >= 0.3 is 5.69 Å². The van der Waals surface area contributed by atoms with Crippen molar-refractivity contribution >= 4 is 5.69 Å². The molecule has 0 aliphatic rings. The zero-order valence-electron chi connectivity index (χ0n) is 6.10. The molecule has 0 amide bonds. The molecule has 0 bridgehead atoms. The topological polar surface area (TPSA) is 83.6 Å². The number of nitrogens with zero attached hydrogens (tertiary/aromatic N) is 1. The molecule has 0 saturated heterocycles. The second-order valence-electron chi connectivity index (χ2n) is 2.20. The van der Waals surface area contributed by atoms with Crippen LogP contribution in [0, 0.1) is 10.1 Å². The molecule has 1 aromatic carbocycles. The summed E-state index contributed by atoms with van der Waals surface area (Å²) in [4.78, 5) is 9.61. The summed E-state index contributed by atoms with van der Waals surface area (Å²) >= 11 is 0. The van der Waals surface area contributed by atoms with Crippen LogP contribution in [-0.4, -0.2) is 15.1 Å². The average molecular weight is 169 g/mol. The molecule has 5 nitrogen and oxygen atoms in total. The Kier molecular flexibility index (Phi) is 2.25. The first-order chi connectivity index (χ1) is 5.66. The molecule has 0 aliphatic heterocycles. The Morgan fingerprint density at radius 2 is 2.17 bits per heavy atom. The highest BCUT2D eigenvalue weighted by atomic mass is 16.6. The van der Waals surface area contributed by atoms with E-state index in [4.69, 9.17) is 10.2 Å². The van der Waals surface area contributed by atoms with Gasteiger partial charge in [0.15, 0.2) is 5.75 Å².